The summed E-state index contributed by atoms with van der Waals surface area (Å²) in [5.74, 6) is 1.30. The number of rotatable bonds is 5. The fraction of sp³-hybridized carbons (Fsp3) is 0.238. The van der Waals surface area contributed by atoms with Crippen molar-refractivity contribution < 1.29 is 14.3 Å². The molecule has 0 saturated heterocycles. The zero-order valence-corrected chi connectivity index (χ0v) is 15.3. The van der Waals surface area contributed by atoms with E-state index in [1.165, 1.54) is 0 Å². The Morgan fingerprint density at radius 3 is 2.70 bits per heavy atom. The van der Waals surface area contributed by atoms with Crippen LogP contribution in [0.15, 0.2) is 60.8 Å². The van der Waals surface area contributed by atoms with Crippen molar-refractivity contribution in [2.75, 3.05) is 13.3 Å². The number of ether oxygens (including phenoxy) is 2. The van der Waals surface area contributed by atoms with E-state index in [0.717, 1.165) is 22.7 Å². The second-order valence-corrected chi connectivity index (χ2v) is 7.12. The third-order valence-electron chi connectivity index (χ3n) is 4.69. The largest absolute Gasteiger partial charge is 0.454 e. The van der Waals surface area contributed by atoms with Crippen LogP contribution in [0.2, 0.25) is 0 Å². The van der Waals surface area contributed by atoms with Gasteiger partial charge in [-0.05, 0) is 35.9 Å². The number of carbonyl (C=O) groups is 1. The molecule has 1 aliphatic rings. The Morgan fingerprint density at radius 2 is 1.89 bits per heavy atom. The molecular formula is C21H21N3O3. The van der Waals surface area contributed by atoms with E-state index in [0.29, 0.717) is 12.2 Å². The van der Waals surface area contributed by atoms with E-state index >= 15 is 0 Å². The van der Waals surface area contributed by atoms with Crippen molar-refractivity contribution in [3.05, 3.63) is 72.1 Å². The van der Waals surface area contributed by atoms with Gasteiger partial charge >= 0.3 is 0 Å². The zero-order valence-electron chi connectivity index (χ0n) is 15.3. The third kappa shape index (κ3) is 3.51. The van der Waals surface area contributed by atoms with Crippen LogP contribution in [0.4, 0.5) is 0 Å². The van der Waals surface area contributed by atoms with Crippen molar-refractivity contribution >= 4 is 5.91 Å². The normalized spacial score (nSPS) is 12.8. The van der Waals surface area contributed by atoms with Crippen LogP contribution in [0.5, 0.6) is 11.5 Å². The average molecular weight is 363 g/mol. The Balaban J connectivity index is 1.43. The second-order valence-electron chi connectivity index (χ2n) is 7.12. The maximum absolute atomic E-state index is 12.5. The topological polar surface area (TPSA) is 65.4 Å². The van der Waals surface area contributed by atoms with Crippen LogP contribution in [0, 0.1) is 0 Å². The number of nitrogens with zero attached hydrogens (tertiary/aromatic N) is 2. The maximum Gasteiger partial charge on any atom is 0.271 e. The fourth-order valence-corrected chi connectivity index (χ4v) is 2.98. The van der Waals surface area contributed by atoms with Crippen LogP contribution in [-0.2, 0) is 5.41 Å². The third-order valence-corrected chi connectivity index (χ3v) is 4.69. The lowest BCUT2D eigenvalue weighted by Gasteiger charge is -2.25. The summed E-state index contributed by atoms with van der Waals surface area (Å²) in [7, 11) is 0. The number of hydrogen-bond donors (Lipinski definition) is 1. The SMILES string of the molecule is CC(C)(CNC(=O)c1ccn(-c2ccccc2)n1)c1ccc2c(c1)OCO2. The monoisotopic (exact) mass is 363 g/mol. The molecule has 6 nitrogen and oxygen atoms in total. The molecule has 6 heteroatoms. The first-order chi connectivity index (χ1) is 13.0. The molecule has 1 N–H and O–H groups in total. The first-order valence-electron chi connectivity index (χ1n) is 8.82. The predicted octanol–water partition coefficient (Wildman–Crippen LogP) is 3.31. The summed E-state index contributed by atoms with van der Waals surface area (Å²) in [4.78, 5) is 12.5. The van der Waals surface area contributed by atoms with Gasteiger partial charge in [0.1, 0.15) is 0 Å². The molecule has 0 atom stereocenters. The van der Waals surface area contributed by atoms with E-state index in [2.05, 4.69) is 24.3 Å². The van der Waals surface area contributed by atoms with Crippen LogP contribution in [0.1, 0.15) is 29.9 Å². The number of para-hydroxylation sites is 1. The molecule has 3 aromatic rings. The molecule has 0 fully saturated rings. The van der Waals surface area contributed by atoms with Crippen molar-refractivity contribution in [2.24, 2.45) is 0 Å². The molecule has 138 valence electrons. The summed E-state index contributed by atoms with van der Waals surface area (Å²) in [6, 6.07) is 17.3. The molecule has 2 aromatic carbocycles. The van der Waals surface area contributed by atoms with Gasteiger partial charge in [-0.25, -0.2) is 4.68 Å². The molecule has 2 heterocycles. The first-order valence-corrected chi connectivity index (χ1v) is 8.82. The lowest BCUT2D eigenvalue weighted by molar-refractivity contribution is 0.0940. The minimum Gasteiger partial charge on any atom is -0.454 e. The number of hydrogen-bond acceptors (Lipinski definition) is 4. The number of amides is 1. The van der Waals surface area contributed by atoms with Gasteiger partial charge in [-0.2, -0.15) is 5.10 Å². The van der Waals surface area contributed by atoms with Gasteiger partial charge in [-0.15, -0.1) is 0 Å². The van der Waals surface area contributed by atoms with Crippen LogP contribution in [0.3, 0.4) is 0 Å². The lowest BCUT2D eigenvalue weighted by atomic mass is 9.84. The standard InChI is InChI=1S/C21H21N3O3/c1-21(2,15-8-9-18-19(12-15)27-14-26-18)13-22-20(25)17-10-11-24(23-17)16-6-4-3-5-7-16/h3-12H,13-14H2,1-2H3,(H,22,25). The summed E-state index contributed by atoms with van der Waals surface area (Å²) in [5.41, 5.74) is 2.11. The summed E-state index contributed by atoms with van der Waals surface area (Å²) >= 11 is 0. The van der Waals surface area contributed by atoms with E-state index in [4.69, 9.17) is 9.47 Å². The van der Waals surface area contributed by atoms with Crippen LogP contribution < -0.4 is 14.8 Å². The Morgan fingerprint density at radius 1 is 1.11 bits per heavy atom. The highest BCUT2D eigenvalue weighted by atomic mass is 16.7. The van der Waals surface area contributed by atoms with E-state index < -0.39 is 0 Å². The lowest BCUT2D eigenvalue weighted by Crippen LogP contribution is -2.36. The molecule has 0 spiro atoms. The maximum atomic E-state index is 12.5. The smallest absolute Gasteiger partial charge is 0.271 e. The van der Waals surface area contributed by atoms with Gasteiger partial charge < -0.3 is 14.8 Å². The predicted molar refractivity (Wildman–Crippen MR) is 101 cm³/mol. The van der Waals surface area contributed by atoms with Crippen molar-refractivity contribution in [3.8, 4) is 17.2 Å². The first kappa shape index (κ1) is 17.1. The number of nitrogens with one attached hydrogen (secondary N) is 1. The molecule has 27 heavy (non-hydrogen) atoms. The molecule has 4 rings (SSSR count). The Kier molecular flexibility index (Phi) is 4.32. The average Bonchev–Trinajstić information content (AvgIpc) is 3.35. The molecule has 0 saturated carbocycles. The van der Waals surface area contributed by atoms with Crippen molar-refractivity contribution in [2.45, 2.75) is 19.3 Å². The highest BCUT2D eigenvalue weighted by Gasteiger charge is 2.25. The molecule has 1 amide bonds. The van der Waals surface area contributed by atoms with Gasteiger partial charge in [0.05, 0.1) is 5.69 Å². The molecule has 0 aliphatic carbocycles. The number of carbonyl (C=O) groups excluding carboxylic acids is 1. The van der Waals surface area contributed by atoms with E-state index in [1.54, 1.807) is 16.9 Å². The van der Waals surface area contributed by atoms with Crippen molar-refractivity contribution in [1.29, 1.82) is 0 Å². The molecule has 0 unspecified atom stereocenters. The molecular weight excluding hydrogens is 342 g/mol. The molecule has 0 bridgehead atoms. The summed E-state index contributed by atoms with van der Waals surface area (Å²) in [5, 5.41) is 7.35. The fourth-order valence-electron chi connectivity index (χ4n) is 2.98. The molecule has 1 aliphatic heterocycles. The van der Waals surface area contributed by atoms with E-state index in [-0.39, 0.29) is 18.1 Å². The van der Waals surface area contributed by atoms with Crippen LogP contribution in [0.25, 0.3) is 5.69 Å². The number of fused-ring (bicyclic) bond motifs is 1. The van der Waals surface area contributed by atoms with Crippen LogP contribution >= 0.6 is 0 Å². The Labute approximate surface area is 157 Å². The van der Waals surface area contributed by atoms with E-state index in [9.17, 15) is 4.79 Å². The number of benzene rings is 2. The van der Waals surface area contributed by atoms with Gasteiger partial charge in [0.25, 0.3) is 5.91 Å². The number of aromatic nitrogens is 2. The molecule has 1 aromatic heterocycles. The summed E-state index contributed by atoms with van der Waals surface area (Å²) < 4.78 is 12.5. The van der Waals surface area contributed by atoms with Crippen LogP contribution in [-0.4, -0.2) is 29.0 Å². The quantitative estimate of drug-likeness (QED) is 0.755. The minimum absolute atomic E-state index is 0.196. The Bertz CT molecular complexity index is 964. The zero-order chi connectivity index (χ0) is 18.9. The van der Waals surface area contributed by atoms with Gasteiger partial charge in [0.15, 0.2) is 17.2 Å². The minimum atomic E-state index is -0.265. The van der Waals surface area contributed by atoms with Gasteiger partial charge in [-0.3, -0.25) is 4.79 Å². The van der Waals surface area contributed by atoms with Gasteiger partial charge in [0.2, 0.25) is 6.79 Å². The van der Waals surface area contributed by atoms with Crippen molar-refractivity contribution in [3.63, 3.8) is 0 Å². The second kappa shape index (κ2) is 6.79. The summed E-state index contributed by atoms with van der Waals surface area (Å²) in [6.07, 6.45) is 1.78. The van der Waals surface area contributed by atoms with Gasteiger partial charge in [-0.1, -0.05) is 38.1 Å². The highest BCUT2D eigenvalue weighted by molar-refractivity contribution is 5.92. The molecule has 0 radical (unpaired) electrons. The van der Waals surface area contributed by atoms with Crippen molar-refractivity contribution in [1.82, 2.24) is 15.1 Å². The Hall–Kier alpha value is -3.28. The van der Waals surface area contributed by atoms with E-state index in [1.807, 2.05) is 48.5 Å². The highest BCUT2D eigenvalue weighted by Crippen LogP contribution is 2.36. The van der Waals surface area contributed by atoms with Gasteiger partial charge in [0, 0.05) is 18.2 Å². The summed E-state index contributed by atoms with van der Waals surface area (Å²) in [6.45, 7) is 4.88.